The van der Waals surface area contributed by atoms with Crippen LogP contribution in [0.5, 0.6) is 0 Å². The topological polar surface area (TPSA) is 127 Å². The molecular formula is C25H27N3O6S. The molecule has 0 fully saturated rings. The molecule has 9 nitrogen and oxygen atoms in total. The number of carbonyl (C=O) groups excluding carboxylic acids is 3. The van der Waals surface area contributed by atoms with Gasteiger partial charge in [-0.05, 0) is 50.7 Å². The third-order valence-electron chi connectivity index (χ3n) is 5.76. The number of aromatic amines is 1. The number of carbonyl (C=O) groups is 3. The highest BCUT2D eigenvalue weighted by Crippen LogP contribution is 2.40. The quantitative estimate of drug-likeness (QED) is 0.479. The number of ether oxygens (including phenoxy) is 2. The molecule has 0 spiro atoms. The molecule has 1 unspecified atom stereocenters. The highest BCUT2D eigenvalue weighted by molar-refractivity contribution is 7.17. The minimum Gasteiger partial charge on any atom is -0.459 e. The Morgan fingerprint density at radius 2 is 1.97 bits per heavy atom. The SMILES string of the molecule is CC1CCc2c(sc(NC(=O)COC(=O)Cc3n[nH]c(=O)c4ccccc34)c2C(=O)OC(C)C)C1. The van der Waals surface area contributed by atoms with Crippen molar-refractivity contribution in [2.75, 3.05) is 11.9 Å². The van der Waals surface area contributed by atoms with Crippen LogP contribution in [0.15, 0.2) is 29.1 Å². The summed E-state index contributed by atoms with van der Waals surface area (Å²) >= 11 is 1.37. The summed E-state index contributed by atoms with van der Waals surface area (Å²) < 4.78 is 10.6. The van der Waals surface area contributed by atoms with E-state index in [-0.39, 0.29) is 18.1 Å². The molecule has 1 amide bonds. The van der Waals surface area contributed by atoms with Crippen molar-refractivity contribution < 1.29 is 23.9 Å². The first-order valence-corrected chi connectivity index (χ1v) is 12.3. The summed E-state index contributed by atoms with van der Waals surface area (Å²) in [5.41, 5.74) is 1.33. The van der Waals surface area contributed by atoms with Gasteiger partial charge in [0, 0.05) is 10.3 Å². The molecule has 3 aromatic rings. The third kappa shape index (κ3) is 5.59. The monoisotopic (exact) mass is 497 g/mol. The maximum absolute atomic E-state index is 12.8. The molecular weight excluding hydrogens is 470 g/mol. The molecule has 1 aliphatic carbocycles. The standard InChI is InChI=1S/C25H27N3O6S/c1-13(2)34-25(32)22-17-9-8-14(3)10-19(17)35-24(22)26-20(29)12-33-21(30)11-18-15-6-4-5-7-16(15)23(31)28-27-18/h4-7,13-14H,8-12H2,1-3H3,(H,26,29)(H,28,31). The van der Waals surface area contributed by atoms with Gasteiger partial charge in [0.2, 0.25) is 0 Å². The van der Waals surface area contributed by atoms with E-state index in [2.05, 4.69) is 22.4 Å². The first-order chi connectivity index (χ1) is 16.7. The van der Waals surface area contributed by atoms with E-state index < -0.39 is 24.5 Å². The molecule has 35 heavy (non-hydrogen) atoms. The number of benzene rings is 1. The number of aromatic nitrogens is 2. The third-order valence-corrected chi connectivity index (χ3v) is 6.93. The fourth-order valence-corrected chi connectivity index (χ4v) is 5.55. The van der Waals surface area contributed by atoms with Crippen molar-refractivity contribution in [3.05, 3.63) is 56.3 Å². The van der Waals surface area contributed by atoms with Gasteiger partial charge in [0.25, 0.3) is 11.5 Å². The average Bonchev–Trinajstić information content (AvgIpc) is 3.16. The molecule has 0 aliphatic heterocycles. The van der Waals surface area contributed by atoms with Crippen molar-refractivity contribution in [1.82, 2.24) is 10.2 Å². The molecule has 1 atom stereocenters. The van der Waals surface area contributed by atoms with Crippen LogP contribution >= 0.6 is 11.3 Å². The van der Waals surface area contributed by atoms with Crippen LogP contribution in [0.2, 0.25) is 0 Å². The van der Waals surface area contributed by atoms with Crippen LogP contribution in [-0.2, 0) is 38.3 Å². The lowest BCUT2D eigenvalue weighted by atomic mass is 9.88. The minimum atomic E-state index is -0.663. The Kier molecular flexibility index (Phi) is 7.30. The molecule has 0 saturated heterocycles. The normalized spacial score (nSPS) is 15.0. The summed E-state index contributed by atoms with van der Waals surface area (Å²) in [4.78, 5) is 50.8. The van der Waals surface area contributed by atoms with Gasteiger partial charge in [-0.15, -0.1) is 11.3 Å². The van der Waals surface area contributed by atoms with E-state index in [1.165, 1.54) is 11.3 Å². The predicted octanol–water partition coefficient (Wildman–Crippen LogP) is 3.40. The number of anilines is 1. The van der Waals surface area contributed by atoms with E-state index >= 15 is 0 Å². The number of nitrogens with zero attached hydrogens (tertiary/aromatic N) is 1. The largest absolute Gasteiger partial charge is 0.459 e. The lowest BCUT2D eigenvalue weighted by Crippen LogP contribution is -2.23. The molecule has 2 heterocycles. The molecule has 2 aromatic heterocycles. The number of thiophene rings is 1. The molecule has 2 N–H and O–H groups in total. The first kappa shape index (κ1) is 24.6. The van der Waals surface area contributed by atoms with Gasteiger partial charge in [0.05, 0.1) is 29.2 Å². The van der Waals surface area contributed by atoms with Crippen LogP contribution in [0.3, 0.4) is 0 Å². The van der Waals surface area contributed by atoms with Crippen LogP contribution in [-0.4, -0.2) is 40.8 Å². The summed E-state index contributed by atoms with van der Waals surface area (Å²) in [6.07, 6.45) is 2.06. The van der Waals surface area contributed by atoms with Crippen LogP contribution in [0.25, 0.3) is 10.8 Å². The minimum absolute atomic E-state index is 0.207. The zero-order chi connectivity index (χ0) is 25.1. The number of hydrogen-bond acceptors (Lipinski definition) is 8. The Balaban J connectivity index is 1.43. The lowest BCUT2D eigenvalue weighted by Gasteiger charge is -2.18. The fraction of sp³-hybridized carbons (Fsp3) is 0.400. The van der Waals surface area contributed by atoms with Crippen molar-refractivity contribution in [2.24, 2.45) is 5.92 Å². The second-order valence-corrected chi connectivity index (χ2v) is 10.0. The number of esters is 2. The number of rotatable bonds is 7. The predicted molar refractivity (Wildman–Crippen MR) is 132 cm³/mol. The van der Waals surface area contributed by atoms with E-state index in [1.807, 2.05) is 0 Å². The Morgan fingerprint density at radius 3 is 2.71 bits per heavy atom. The first-order valence-electron chi connectivity index (χ1n) is 11.5. The number of amides is 1. The van der Waals surface area contributed by atoms with Crippen molar-refractivity contribution in [2.45, 2.75) is 52.6 Å². The molecule has 4 rings (SSSR count). The van der Waals surface area contributed by atoms with Crippen molar-refractivity contribution in [1.29, 1.82) is 0 Å². The fourth-order valence-electron chi connectivity index (χ4n) is 4.13. The second-order valence-electron chi connectivity index (χ2n) is 8.94. The lowest BCUT2D eigenvalue weighted by molar-refractivity contribution is -0.146. The highest BCUT2D eigenvalue weighted by atomic mass is 32.1. The van der Waals surface area contributed by atoms with E-state index in [0.717, 1.165) is 29.7 Å². The van der Waals surface area contributed by atoms with Gasteiger partial charge < -0.3 is 14.8 Å². The van der Waals surface area contributed by atoms with Gasteiger partial charge in [-0.1, -0.05) is 25.1 Å². The van der Waals surface area contributed by atoms with Gasteiger partial charge >= 0.3 is 11.9 Å². The van der Waals surface area contributed by atoms with Gasteiger partial charge in [0.15, 0.2) is 6.61 Å². The average molecular weight is 498 g/mol. The zero-order valence-electron chi connectivity index (χ0n) is 19.8. The maximum atomic E-state index is 12.8. The second kappa shape index (κ2) is 10.4. The smallest absolute Gasteiger partial charge is 0.341 e. The summed E-state index contributed by atoms with van der Waals surface area (Å²) in [7, 11) is 0. The molecule has 10 heteroatoms. The van der Waals surface area contributed by atoms with E-state index in [4.69, 9.17) is 9.47 Å². The molecule has 1 aliphatic rings. The van der Waals surface area contributed by atoms with Crippen LogP contribution in [0.1, 0.15) is 53.7 Å². The van der Waals surface area contributed by atoms with Gasteiger partial charge in [0.1, 0.15) is 5.00 Å². The Hall–Kier alpha value is -3.53. The molecule has 0 radical (unpaired) electrons. The van der Waals surface area contributed by atoms with Crippen LogP contribution in [0.4, 0.5) is 5.00 Å². The summed E-state index contributed by atoms with van der Waals surface area (Å²) in [6, 6.07) is 6.80. The highest BCUT2D eigenvalue weighted by Gasteiger charge is 2.29. The Morgan fingerprint density at radius 1 is 1.23 bits per heavy atom. The number of fused-ring (bicyclic) bond motifs is 2. The van der Waals surface area contributed by atoms with Crippen molar-refractivity contribution >= 4 is 45.0 Å². The van der Waals surface area contributed by atoms with Crippen molar-refractivity contribution in [3.63, 3.8) is 0 Å². The Bertz CT molecular complexity index is 1340. The molecule has 1 aromatic carbocycles. The molecule has 0 bridgehead atoms. The van der Waals surface area contributed by atoms with Gasteiger partial charge in [-0.25, -0.2) is 9.89 Å². The number of hydrogen-bond donors (Lipinski definition) is 2. The summed E-state index contributed by atoms with van der Waals surface area (Å²) in [5.74, 6) is -1.18. The van der Waals surface area contributed by atoms with Crippen molar-refractivity contribution in [3.8, 4) is 0 Å². The zero-order valence-corrected chi connectivity index (χ0v) is 20.6. The molecule has 184 valence electrons. The maximum Gasteiger partial charge on any atom is 0.341 e. The summed E-state index contributed by atoms with van der Waals surface area (Å²) in [5, 5.41) is 10.4. The summed E-state index contributed by atoms with van der Waals surface area (Å²) in [6.45, 7) is 5.19. The van der Waals surface area contributed by atoms with E-state index in [0.29, 0.717) is 32.9 Å². The van der Waals surface area contributed by atoms with Gasteiger partial charge in [-0.2, -0.15) is 5.10 Å². The molecule has 0 saturated carbocycles. The van der Waals surface area contributed by atoms with E-state index in [1.54, 1.807) is 38.1 Å². The van der Waals surface area contributed by atoms with E-state index in [9.17, 15) is 19.2 Å². The number of nitrogens with one attached hydrogen (secondary N) is 2. The van der Waals surface area contributed by atoms with Crippen LogP contribution < -0.4 is 10.9 Å². The number of H-pyrrole nitrogens is 1. The van der Waals surface area contributed by atoms with Gasteiger partial charge in [-0.3, -0.25) is 14.4 Å². The van der Waals surface area contributed by atoms with Crippen LogP contribution in [0, 0.1) is 5.92 Å². The Labute approximate surface area is 205 Å².